The van der Waals surface area contributed by atoms with E-state index in [4.69, 9.17) is 13.6 Å². The van der Waals surface area contributed by atoms with Gasteiger partial charge in [0, 0.05) is 12.5 Å². The summed E-state index contributed by atoms with van der Waals surface area (Å²) in [6, 6.07) is 0. The summed E-state index contributed by atoms with van der Waals surface area (Å²) in [7, 11) is 5.39. The lowest BCUT2D eigenvalue weighted by Gasteiger charge is -2.30. The van der Waals surface area contributed by atoms with Crippen molar-refractivity contribution in [2.75, 3.05) is 13.1 Å². The Labute approximate surface area is 92.0 Å². The third kappa shape index (κ3) is 2.95. The zero-order valence-electron chi connectivity index (χ0n) is 9.04. The number of nitrogens with two attached hydrogens (primary N) is 1. The maximum Gasteiger partial charge on any atom is 0.324 e. The fourth-order valence-corrected chi connectivity index (χ4v) is 2.14. The van der Waals surface area contributed by atoms with Crippen molar-refractivity contribution in [1.82, 2.24) is 5.32 Å². The Bertz CT molecular complexity index is 219. The number of nitrogens with one attached hydrogen (secondary N) is 1. The summed E-state index contributed by atoms with van der Waals surface area (Å²) in [4.78, 5) is 11.2. The van der Waals surface area contributed by atoms with E-state index in [0.29, 0.717) is 19.3 Å². The molecule has 0 aliphatic carbocycles. The maximum absolute atomic E-state index is 11.2. The zero-order valence-corrected chi connectivity index (χ0v) is 9.04. The van der Waals surface area contributed by atoms with Crippen LogP contribution in [0.5, 0.6) is 0 Å². The molecular formula is C10H19BN2O2. The standard InChI is InChI=1S/C10H19BN2O2/c11-5-2-1-4-10(12,9(14)15)8-3-6-13-7-8/h8,13H,1-7,12H2,(H,14,15)/t8-,10?/m1/s1. The van der Waals surface area contributed by atoms with Gasteiger partial charge in [-0.15, -0.1) is 0 Å². The largest absolute Gasteiger partial charge is 0.480 e. The highest BCUT2D eigenvalue weighted by Crippen LogP contribution is 2.27. The van der Waals surface area contributed by atoms with Crippen LogP contribution in [0.1, 0.15) is 25.7 Å². The summed E-state index contributed by atoms with van der Waals surface area (Å²) in [5.41, 5.74) is 4.94. The van der Waals surface area contributed by atoms with Crippen molar-refractivity contribution < 1.29 is 9.90 Å². The highest BCUT2D eigenvalue weighted by molar-refractivity contribution is 6.08. The molecule has 0 amide bonds. The molecule has 0 aromatic heterocycles. The molecule has 1 aliphatic rings. The number of aliphatic carboxylic acids is 1. The van der Waals surface area contributed by atoms with Gasteiger partial charge in [-0.3, -0.25) is 4.79 Å². The SMILES string of the molecule is [B]CCCCC(N)(C(=O)O)[C@@H]1CCNC1. The molecule has 4 N–H and O–H groups in total. The van der Waals surface area contributed by atoms with E-state index in [1.54, 1.807) is 0 Å². The average Bonchev–Trinajstić information content (AvgIpc) is 2.70. The van der Waals surface area contributed by atoms with E-state index < -0.39 is 11.5 Å². The smallest absolute Gasteiger partial charge is 0.324 e. The summed E-state index contributed by atoms with van der Waals surface area (Å²) in [6.45, 7) is 1.58. The van der Waals surface area contributed by atoms with E-state index in [-0.39, 0.29) is 5.92 Å². The molecule has 1 rings (SSSR count). The first-order valence-corrected chi connectivity index (χ1v) is 5.54. The van der Waals surface area contributed by atoms with Crippen molar-refractivity contribution in [2.24, 2.45) is 11.7 Å². The van der Waals surface area contributed by atoms with Crippen LogP contribution in [0.2, 0.25) is 6.32 Å². The number of unbranched alkanes of at least 4 members (excludes halogenated alkanes) is 1. The van der Waals surface area contributed by atoms with E-state index in [1.807, 2.05) is 0 Å². The highest BCUT2D eigenvalue weighted by Gasteiger charge is 2.42. The number of hydrogen-bond acceptors (Lipinski definition) is 3. The third-order valence-electron chi connectivity index (χ3n) is 3.23. The van der Waals surface area contributed by atoms with Gasteiger partial charge in [0.1, 0.15) is 5.54 Å². The molecule has 0 saturated carbocycles. The van der Waals surface area contributed by atoms with E-state index in [1.165, 1.54) is 0 Å². The minimum atomic E-state index is -1.07. The van der Waals surface area contributed by atoms with Gasteiger partial charge >= 0.3 is 5.97 Å². The Kier molecular flexibility index (Phi) is 4.60. The van der Waals surface area contributed by atoms with Crippen LogP contribution in [0, 0.1) is 5.92 Å². The first kappa shape index (κ1) is 12.5. The highest BCUT2D eigenvalue weighted by atomic mass is 16.4. The number of rotatable bonds is 6. The zero-order chi connectivity index (χ0) is 11.3. The van der Waals surface area contributed by atoms with Crippen LogP contribution in [-0.4, -0.2) is 37.6 Å². The van der Waals surface area contributed by atoms with Gasteiger partial charge in [0.05, 0.1) is 7.85 Å². The number of carboxylic acids is 1. The monoisotopic (exact) mass is 210 g/mol. The summed E-state index contributed by atoms with van der Waals surface area (Å²) < 4.78 is 0. The second kappa shape index (κ2) is 5.51. The van der Waals surface area contributed by atoms with Crippen molar-refractivity contribution in [3.05, 3.63) is 0 Å². The Balaban J connectivity index is 2.56. The molecular weight excluding hydrogens is 191 g/mol. The lowest BCUT2D eigenvalue weighted by molar-refractivity contribution is -0.145. The molecule has 1 saturated heterocycles. The van der Waals surface area contributed by atoms with Gasteiger partial charge in [0.25, 0.3) is 0 Å². The topological polar surface area (TPSA) is 75.4 Å². The first-order valence-electron chi connectivity index (χ1n) is 5.54. The van der Waals surface area contributed by atoms with Crippen LogP contribution in [0.4, 0.5) is 0 Å². The Hall–Kier alpha value is -0.545. The molecule has 1 unspecified atom stereocenters. The summed E-state index contributed by atoms with van der Waals surface area (Å²) in [5, 5.41) is 12.4. The minimum Gasteiger partial charge on any atom is -0.480 e. The van der Waals surface area contributed by atoms with Crippen LogP contribution in [0.15, 0.2) is 0 Å². The predicted octanol–water partition coefficient (Wildman–Crippen LogP) is 0.135. The summed E-state index contributed by atoms with van der Waals surface area (Å²) in [6.07, 6.45) is 3.60. The minimum absolute atomic E-state index is 0.0489. The fraction of sp³-hybridized carbons (Fsp3) is 0.900. The van der Waals surface area contributed by atoms with Crippen LogP contribution in [0.25, 0.3) is 0 Å². The molecule has 4 nitrogen and oxygen atoms in total. The van der Waals surface area contributed by atoms with Crippen molar-refractivity contribution in [3.8, 4) is 0 Å². The molecule has 0 aromatic rings. The van der Waals surface area contributed by atoms with Gasteiger partial charge in [-0.1, -0.05) is 19.2 Å². The molecule has 1 aliphatic heterocycles. The van der Waals surface area contributed by atoms with E-state index in [0.717, 1.165) is 25.8 Å². The molecule has 0 spiro atoms. The molecule has 2 radical (unpaired) electrons. The quantitative estimate of drug-likeness (QED) is 0.430. The molecule has 0 bridgehead atoms. The third-order valence-corrected chi connectivity index (χ3v) is 3.23. The van der Waals surface area contributed by atoms with Crippen LogP contribution in [0.3, 0.4) is 0 Å². The van der Waals surface area contributed by atoms with E-state index in [2.05, 4.69) is 5.32 Å². The average molecular weight is 210 g/mol. The van der Waals surface area contributed by atoms with Gasteiger partial charge < -0.3 is 16.2 Å². The van der Waals surface area contributed by atoms with Gasteiger partial charge in [0.15, 0.2) is 0 Å². The van der Waals surface area contributed by atoms with Crippen molar-refractivity contribution >= 4 is 13.8 Å². The van der Waals surface area contributed by atoms with Crippen LogP contribution < -0.4 is 11.1 Å². The van der Waals surface area contributed by atoms with E-state index >= 15 is 0 Å². The molecule has 15 heavy (non-hydrogen) atoms. The maximum atomic E-state index is 11.2. The Morgan fingerprint density at radius 1 is 1.60 bits per heavy atom. The fourth-order valence-electron chi connectivity index (χ4n) is 2.14. The molecule has 1 heterocycles. The van der Waals surface area contributed by atoms with Crippen molar-refractivity contribution in [3.63, 3.8) is 0 Å². The number of hydrogen-bond donors (Lipinski definition) is 3. The van der Waals surface area contributed by atoms with Crippen molar-refractivity contribution in [2.45, 2.75) is 37.5 Å². The Morgan fingerprint density at radius 2 is 2.33 bits per heavy atom. The first-order chi connectivity index (χ1) is 7.11. The van der Waals surface area contributed by atoms with Crippen LogP contribution in [-0.2, 0) is 4.79 Å². The normalized spacial score (nSPS) is 25.0. The molecule has 1 fully saturated rings. The lowest BCUT2D eigenvalue weighted by Crippen LogP contribution is -2.54. The predicted molar refractivity (Wildman–Crippen MR) is 59.9 cm³/mol. The second-order valence-electron chi connectivity index (χ2n) is 4.28. The Morgan fingerprint density at radius 3 is 2.80 bits per heavy atom. The molecule has 84 valence electrons. The number of carboxylic acid groups (broad SMARTS) is 1. The number of carbonyl (C=O) groups is 1. The van der Waals surface area contributed by atoms with Gasteiger partial charge in [-0.05, 0) is 19.4 Å². The molecule has 2 atom stereocenters. The molecule has 0 aromatic carbocycles. The lowest BCUT2D eigenvalue weighted by atomic mass is 9.79. The molecule has 5 heteroatoms. The summed E-state index contributed by atoms with van der Waals surface area (Å²) in [5.74, 6) is -0.832. The van der Waals surface area contributed by atoms with Crippen LogP contribution >= 0.6 is 0 Å². The van der Waals surface area contributed by atoms with Gasteiger partial charge in [-0.2, -0.15) is 0 Å². The van der Waals surface area contributed by atoms with E-state index in [9.17, 15) is 9.90 Å². The van der Waals surface area contributed by atoms with Gasteiger partial charge in [-0.25, -0.2) is 0 Å². The van der Waals surface area contributed by atoms with Gasteiger partial charge in [0.2, 0.25) is 0 Å². The van der Waals surface area contributed by atoms with Crippen molar-refractivity contribution in [1.29, 1.82) is 0 Å². The summed E-state index contributed by atoms with van der Waals surface area (Å²) >= 11 is 0. The second-order valence-corrected chi connectivity index (χ2v) is 4.28.